The molecule has 5 nitrogen and oxygen atoms in total. The fourth-order valence-electron chi connectivity index (χ4n) is 4.06. The predicted molar refractivity (Wildman–Crippen MR) is 131 cm³/mol. The van der Waals surface area contributed by atoms with E-state index in [2.05, 4.69) is 0 Å². The summed E-state index contributed by atoms with van der Waals surface area (Å²) in [7, 11) is -2.87. The van der Waals surface area contributed by atoms with Crippen molar-refractivity contribution in [2.24, 2.45) is 0 Å². The highest BCUT2D eigenvalue weighted by atomic mass is 32.2. The van der Waals surface area contributed by atoms with Gasteiger partial charge in [-0.3, -0.25) is 0 Å². The van der Waals surface area contributed by atoms with Gasteiger partial charge in [0.2, 0.25) is 0 Å². The van der Waals surface area contributed by atoms with Gasteiger partial charge in [0.15, 0.2) is 0 Å². The van der Waals surface area contributed by atoms with Gasteiger partial charge >= 0.3 is 12.1 Å². The zero-order valence-electron chi connectivity index (χ0n) is 19.8. The van der Waals surface area contributed by atoms with Gasteiger partial charge in [0.25, 0.3) is 10.0 Å². The van der Waals surface area contributed by atoms with Crippen LogP contribution in [0.25, 0.3) is 10.9 Å². The third kappa shape index (κ3) is 4.88. The van der Waals surface area contributed by atoms with Crippen molar-refractivity contribution in [3.05, 3.63) is 101 Å². The van der Waals surface area contributed by atoms with Crippen LogP contribution in [0.1, 0.15) is 52.5 Å². The van der Waals surface area contributed by atoms with Crippen molar-refractivity contribution in [2.75, 3.05) is 7.11 Å². The maximum atomic E-state index is 13.8. The molecule has 1 heterocycles. The van der Waals surface area contributed by atoms with E-state index in [1.807, 2.05) is 19.9 Å². The number of carbonyl (C=O) groups excluding carboxylic acids is 1. The molecule has 0 unspecified atom stereocenters. The molecule has 0 saturated heterocycles. The van der Waals surface area contributed by atoms with Gasteiger partial charge in [-0.2, -0.15) is 13.2 Å². The normalized spacial score (nSPS) is 12.3. The molecule has 1 aromatic heterocycles. The van der Waals surface area contributed by atoms with Crippen LogP contribution in [0.5, 0.6) is 0 Å². The molecule has 9 heteroatoms. The number of nitrogens with zero attached hydrogens (tertiary/aromatic N) is 1. The Labute approximate surface area is 207 Å². The number of rotatable bonds is 6. The average molecular weight is 516 g/mol. The van der Waals surface area contributed by atoms with Crippen molar-refractivity contribution in [2.45, 2.75) is 37.3 Å². The minimum atomic E-state index is -4.56. The molecule has 0 fully saturated rings. The van der Waals surface area contributed by atoms with Crippen molar-refractivity contribution in [1.82, 2.24) is 3.97 Å². The van der Waals surface area contributed by atoms with E-state index in [9.17, 15) is 26.4 Å². The number of hydrogen-bond acceptors (Lipinski definition) is 4. The standard InChI is InChI=1S/C27H24F3NO4S/c1-17(2)20-5-4-6-24(16-20)36(33,34)31-23(13-18-7-9-19(10-8-18)26(32)35-3)15-21-14-22(27(28,29)30)11-12-25(21)31/h4-12,14-17H,13H2,1-3H3. The van der Waals surface area contributed by atoms with E-state index in [0.29, 0.717) is 16.8 Å². The van der Waals surface area contributed by atoms with E-state index >= 15 is 0 Å². The lowest BCUT2D eigenvalue weighted by molar-refractivity contribution is -0.137. The Morgan fingerprint density at radius 3 is 2.28 bits per heavy atom. The van der Waals surface area contributed by atoms with Gasteiger partial charge in [-0.15, -0.1) is 0 Å². The summed E-state index contributed by atoms with van der Waals surface area (Å²) in [6.07, 6.45) is -4.45. The Morgan fingerprint density at radius 2 is 1.67 bits per heavy atom. The van der Waals surface area contributed by atoms with Crippen molar-refractivity contribution in [1.29, 1.82) is 0 Å². The number of hydrogen-bond donors (Lipinski definition) is 0. The van der Waals surface area contributed by atoms with E-state index in [0.717, 1.165) is 21.7 Å². The minimum Gasteiger partial charge on any atom is -0.465 e. The lowest BCUT2D eigenvalue weighted by atomic mass is 10.0. The van der Waals surface area contributed by atoms with Gasteiger partial charge in [-0.05, 0) is 65.6 Å². The van der Waals surface area contributed by atoms with Crippen LogP contribution >= 0.6 is 0 Å². The summed E-state index contributed by atoms with van der Waals surface area (Å²) < 4.78 is 73.6. The molecule has 0 aliphatic heterocycles. The third-order valence-corrected chi connectivity index (χ3v) is 7.74. The second kappa shape index (κ2) is 9.46. The molecule has 3 aromatic carbocycles. The molecule has 4 aromatic rings. The Bertz CT molecular complexity index is 1540. The van der Waals surface area contributed by atoms with Crippen LogP contribution in [-0.2, 0) is 27.4 Å². The minimum absolute atomic E-state index is 0.0494. The van der Waals surface area contributed by atoms with Crippen LogP contribution < -0.4 is 0 Å². The summed E-state index contributed by atoms with van der Waals surface area (Å²) in [5.41, 5.74) is 1.42. The molecule has 188 valence electrons. The van der Waals surface area contributed by atoms with E-state index in [1.54, 1.807) is 36.4 Å². The number of halogens is 3. The number of methoxy groups -OCH3 is 1. The Morgan fingerprint density at radius 1 is 0.972 bits per heavy atom. The predicted octanol–water partition coefficient (Wildman–Crippen LogP) is 6.40. The first kappa shape index (κ1) is 25.5. The number of esters is 1. The zero-order valence-corrected chi connectivity index (χ0v) is 20.7. The summed E-state index contributed by atoms with van der Waals surface area (Å²) in [6, 6.07) is 17.4. The summed E-state index contributed by atoms with van der Waals surface area (Å²) >= 11 is 0. The quantitative estimate of drug-likeness (QED) is 0.279. The lowest BCUT2D eigenvalue weighted by Crippen LogP contribution is -2.16. The Balaban J connectivity index is 1.89. The number of fused-ring (bicyclic) bond motifs is 1. The Kier molecular flexibility index (Phi) is 6.70. The van der Waals surface area contributed by atoms with Crippen LogP contribution in [-0.4, -0.2) is 25.5 Å². The van der Waals surface area contributed by atoms with Gasteiger partial charge in [0.05, 0.1) is 28.6 Å². The fraction of sp³-hybridized carbons (Fsp3) is 0.222. The first-order valence-electron chi connectivity index (χ1n) is 11.2. The van der Waals surface area contributed by atoms with Gasteiger partial charge in [-0.25, -0.2) is 17.2 Å². The number of alkyl halides is 3. The van der Waals surface area contributed by atoms with E-state index in [-0.39, 0.29) is 28.1 Å². The molecule has 0 N–H and O–H groups in total. The number of benzene rings is 3. The molecule has 0 atom stereocenters. The van der Waals surface area contributed by atoms with E-state index < -0.39 is 27.7 Å². The van der Waals surface area contributed by atoms with Gasteiger partial charge < -0.3 is 4.74 Å². The topological polar surface area (TPSA) is 65.4 Å². The third-order valence-electron chi connectivity index (χ3n) is 5.98. The summed E-state index contributed by atoms with van der Waals surface area (Å²) in [5, 5.41) is 0.162. The number of carbonyl (C=O) groups is 1. The van der Waals surface area contributed by atoms with Crippen LogP contribution in [0.3, 0.4) is 0 Å². The van der Waals surface area contributed by atoms with Crippen molar-refractivity contribution >= 4 is 26.9 Å². The Hall–Kier alpha value is -3.59. The van der Waals surface area contributed by atoms with Gasteiger partial charge in [-0.1, -0.05) is 38.1 Å². The second-order valence-corrected chi connectivity index (χ2v) is 10.6. The first-order valence-corrected chi connectivity index (χ1v) is 12.6. The van der Waals surface area contributed by atoms with Gasteiger partial charge in [0, 0.05) is 17.5 Å². The summed E-state index contributed by atoms with van der Waals surface area (Å²) in [5.74, 6) is -0.424. The second-order valence-electron chi connectivity index (χ2n) is 8.77. The SMILES string of the molecule is COC(=O)c1ccc(Cc2cc3cc(C(F)(F)F)ccc3n2S(=O)(=O)c2cccc(C(C)C)c2)cc1. The first-order chi connectivity index (χ1) is 16.9. The average Bonchev–Trinajstić information content (AvgIpc) is 3.21. The van der Waals surface area contributed by atoms with Crippen LogP contribution in [0.4, 0.5) is 13.2 Å². The maximum Gasteiger partial charge on any atom is 0.416 e. The molecule has 0 radical (unpaired) electrons. The molecule has 4 rings (SSSR count). The largest absolute Gasteiger partial charge is 0.465 e. The van der Waals surface area contributed by atoms with Gasteiger partial charge in [0.1, 0.15) is 0 Å². The molecular weight excluding hydrogens is 491 g/mol. The highest BCUT2D eigenvalue weighted by molar-refractivity contribution is 7.90. The van der Waals surface area contributed by atoms with Crippen LogP contribution in [0.2, 0.25) is 0 Å². The zero-order chi connectivity index (χ0) is 26.3. The molecule has 0 aliphatic carbocycles. The molecule has 0 aliphatic rings. The van der Waals surface area contributed by atoms with Crippen LogP contribution in [0.15, 0.2) is 77.7 Å². The summed E-state index contributed by atoms with van der Waals surface area (Å²) in [6.45, 7) is 3.89. The molecular formula is C27H24F3NO4S. The fourth-order valence-corrected chi connectivity index (χ4v) is 5.65. The molecule has 36 heavy (non-hydrogen) atoms. The van der Waals surface area contributed by atoms with Crippen molar-refractivity contribution in [3.63, 3.8) is 0 Å². The van der Waals surface area contributed by atoms with E-state index in [1.165, 1.54) is 25.3 Å². The van der Waals surface area contributed by atoms with Crippen molar-refractivity contribution in [3.8, 4) is 0 Å². The highest BCUT2D eigenvalue weighted by Crippen LogP contribution is 2.34. The number of aromatic nitrogens is 1. The van der Waals surface area contributed by atoms with Crippen LogP contribution in [0, 0.1) is 0 Å². The monoisotopic (exact) mass is 515 g/mol. The molecule has 0 saturated carbocycles. The molecule has 0 amide bonds. The maximum absolute atomic E-state index is 13.8. The van der Waals surface area contributed by atoms with Crippen molar-refractivity contribution < 1.29 is 31.1 Å². The highest BCUT2D eigenvalue weighted by Gasteiger charge is 2.32. The lowest BCUT2D eigenvalue weighted by Gasteiger charge is -2.14. The number of ether oxygens (including phenoxy) is 1. The molecule has 0 spiro atoms. The van der Waals surface area contributed by atoms with E-state index in [4.69, 9.17) is 4.74 Å². The molecule has 0 bridgehead atoms. The summed E-state index contributed by atoms with van der Waals surface area (Å²) in [4.78, 5) is 11.8. The smallest absolute Gasteiger partial charge is 0.416 e.